The summed E-state index contributed by atoms with van der Waals surface area (Å²) in [4.78, 5) is 10.9. The highest BCUT2D eigenvalue weighted by Crippen LogP contribution is 2.43. The minimum atomic E-state index is -0.659. The van der Waals surface area contributed by atoms with Gasteiger partial charge in [-0.05, 0) is 63.5 Å². The Balaban J connectivity index is 2.15. The molecule has 0 aliphatic heterocycles. The maximum Gasteiger partial charge on any atom is 0.153 e. The van der Waals surface area contributed by atoms with Crippen molar-refractivity contribution in [2.75, 3.05) is 30.6 Å². The van der Waals surface area contributed by atoms with Gasteiger partial charge in [0.2, 0.25) is 0 Å². The quantitative estimate of drug-likeness (QED) is 0.171. The highest BCUT2D eigenvalue weighted by atomic mass is 32.2. The van der Waals surface area contributed by atoms with Gasteiger partial charge in [-0.3, -0.25) is 10.1 Å². The second-order valence-electron chi connectivity index (χ2n) is 8.72. The van der Waals surface area contributed by atoms with Crippen LogP contribution >= 0.6 is 11.8 Å². The molecule has 1 saturated carbocycles. The van der Waals surface area contributed by atoms with Gasteiger partial charge in [-0.2, -0.15) is 5.10 Å². The Hall–Kier alpha value is -3.40. The van der Waals surface area contributed by atoms with E-state index in [4.69, 9.17) is 10.7 Å². The third-order valence-electron chi connectivity index (χ3n) is 5.85. The Bertz CT molecular complexity index is 1240. The van der Waals surface area contributed by atoms with Crippen LogP contribution in [0.4, 0.5) is 20.3 Å². The van der Waals surface area contributed by atoms with Gasteiger partial charge >= 0.3 is 0 Å². The number of halogens is 2. The summed E-state index contributed by atoms with van der Waals surface area (Å²) in [6, 6.07) is 4.48. The molecular formula is C26H33F2N7S. The average molecular weight is 514 g/mol. The lowest BCUT2D eigenvalue weighted by Gasteiger charge is -2.22. The molecule has 0 spiro atoms. The topological polar surface area (TPSA) is 94.7 Å². The number of aryl methyl sites for hydroxylation is 1. The van der Waals surface area contributed by atoms with Crippen molar-refractivity contribution in [3.05, 3.63) is 70.3 Å². The maximum atomic E-state index is 14.9. The van der Waals surface area contributed by atoms with E-state index in [9.17, 15) is 8.78 Å². The molecular weight excluding hydrogens is 480 g/mol. The molecule has 2 aromatic rings. The van der Waals surface area contributed by atoms with Crippen LogP contribution in [-0.2, 0) is 0 Å². The number of H-pyrrole nitrogens is 1. The molecule has 1 fully saturated rings. The van der Waals surface area contributed by atoms with E-state index >= 15 is 0 Å². The summed E-state index contributed by atoms with van der Waals surface area (Å²) >= 11 is 1.27. The normalized spacial score (nSPS) is 15.6. The number of thioether (sulfide) groups is 1. The molecule has 10 heteroatoms. The van der Waals surface area contributed by atoms with Crippen molar-refractivity contribution in [3.8, 4) is 0 Å². The molecule has 3 rings (SSSR count). The number of anilines is 2. The molecule has 1 aliphatic rings. The molecule has 192 valence electrons. The lowest BCUT2D eigenvalue weighted by molar-refractivity contribution is 0.579. The van der Waals surface area contributed by atoms with Gasteiger partial charge in [-0.15, -0.1) is 11.8 Å². The second kappa shape index (κ2) is 11.6. The number of nitrogens with zero attached hydrogens (tertiary/aromatic N) is 4. The number of nitrogens with one attached hydrogen (secondary N) is 2. The van der Waals surface area contributed by atoms with Crippen LogP contribution in [0.1, 0.15) is 32.4 Å². The minimum absolute atomic E-state index is 0.174. The van der Waals surface area contributed by atoms with Gasteiger partial charge in [0.15, 0.2) is 17.5 Å². The molecule has 4 N–H and O–H groups in total. The molecule has 0 saturated heterocycles. The second-order valence-corrected chi connectivity index (χ2v) is 9.60. The van der Waals surface area contributed by atoms with E-state index in [2.05, 4.69) is 27.1 Å². The fraction of sp³-hybridized carbons (Fsp3) is 0.346. The van der Waals surface area contributed by atoms with E-state index < -0.39 is 11.6 Å². The summed E-state index contributed by atoms with van der Waals surface area (Å²) in [5.74, 6) is 0.317. The molecule has 0 atom stereocenters. The minimum Gasteiger partial charge on any atom is -0.402 e. The maximum absolute atomic E-state index is 14.9. The zero-order valence-electron chi connectivity index (χ0n) is 21.5. The van der Waals surface area contributed by atoms with Crippen molar-refractivity contribution in [2.24, 2.45) is 21.6 Å². The molecule has 0 bridgehead atoms. The first-order valence-electron chi connectivity index (χ1n) is 11.5. The van der Waals surface area contributed by atoms with E-state index in [1.165, 1.54) is 28.8 Å². The van der Waals surface area contributed by atoms with Gasteiger partial charge in [-0.1, -0.05) is 6.58 Å². The van der Waals surface area contributed by atoms with Crippen molar-refractivity contribution in [1.29, 1.82) is 0 Å². The number of nitrogens with two attached hydrogens (primary N) is 1. The summed E-state index contributed by atoms with van der Waals surface area (Å²) in [5.41, 5.74) is 9.70. The molecule has 1 aromatic heterocycles. The number of hydrogen-bond donors (Lipinski definition) is 3. The molecule has 7 nitrogen and oxygen atoms in total. The number of amidine groups is 1. The third-order valence-corrected chi connectivity index (χ3v) is 6.55. The van der Waals surface area contributed by atoms with Gasteiger partial charge in [0.05, 0.1) is 0 Å². The Morgan fingerprint density at radius 2 is 1.92 bits per heavy atom. The summed E-state index contributed by atoms with van der Waals surface area (Å²) in [7, 11) is 3.26. The summed E-state index contributed by atoms with van der Waals surface area (Å²) in [6.07, 6.45) is 5.37. The first-order chi connectivity index (χ1) is 17.1. The monoisotopic (exact) mass is 513 g/mol. The predicted molar refractivity (Wildman–Crippen MR) is 147 cm³/mol. The van der Waals surface area contributed by atoms with E-state index in [1.54, 1.807) is 40.4 Å². The highest BCUT2D eigenvalue weighted by Gasteiger charge is 2.32. The fourth-order valence-electron chi connectivity index (χ4n) is 3.78. The van der Waals surface area contributed by atoms with Gasteiger partial charge in [0.1, 0.15) is 17.3 Å². The van der Waals surface area contributed by atoms with Gasteiger partial charge < -0.3 is 16.0 Å². The molecule has 0 amide bonds. The van der Waals surface area contributed by atoms with Crippen LogP contribution in [0.25, 0.3) is 0 Å². The van der Waals surface area contributed by atoms with Crippen LogP contribution in [0.2, 0.25) is 0 Å². The summed E-state index contributed by atoms with van der Waals surface area (Å²) < 4.78 is 29.7. The van der Waals surface area contributed by atoms with Crippen LogP contribution < -0.4 is 16.0 Å². The molecule has 1 aliphatic carbocycles. The lowest BCUT2D eigenvalue weighted by Crippen LogP contribution is -2.26. The Labute approximate surface area is 215 Å². The molecule has 0 unspecified atom stereocenters. The largest absolute Gasteiger partial charge is 0.402 e. The number of aliphatic imine (C=N–C) groups is 2. The van der Waals surface area contributed by atoms with E-state index in [0.717, 1.165) is 24.1 Å². The van der Waals surface area contributed by atoms with Crippen LogP contribution in [0.3, 0.4) is 0 Å². The predicted octanol–water partition coefficient (Wildman–Crippen LogP) is 5.80. The van der Waals surface area contributed by atoms with E-state index in [-0.39, 0.29) is 11.6 Å². The smallest absolute Gasteiger partial charge is 0.153 e. The standard InChI is InChI=1S/C26H33F2N7S/c1-14-10-23(34-33-14)32-26(24(18-8-9-18)15(2)20(13-30-5)16(3)29)31-17(4)35(6)25-21(27)11-19(36-7)12-22(25)28/h10-13,18H,2,8-9,29H2,1,3-7H3,(H2,32,33,34)/b20-16+,26-24-,30-13?,31-17+. The molecule has 1 heterocycles. The summed E-state index contributed by atoms with van der Waals surface area (Å²) in [6.45, 7) is 9.71. The zero-order valence-corrected chi connectivity index (χ0v) is 22.4. The molecule has 36 heavy (non-hydrogen) atoms. The number of allylic oxidation sites excluding steroid dienone is 4. The van der Waals surface area contributed by atoms with Crippen LogP contribution in [0, 0.1) is 24.5 Å². The fourth-order valence-corrected chi connectivity index (χ4v) is 4.23. The van der Waals surface area contributed by atoms with E-state index in [1.807, 2.05) is 13.0 Å². The molecule has 0 radical (unpaired) electrons. The van der Waals surface area contributed by atoms with Crippen molar-refractivity contribution >= 4 is 35.3 Å². The first kappa shape index (κ1) is 27.2. The van der Waals surface area contributed by atoms with Crippen molar-refractivity contribution in [2.45, 2.75) is 38.5 Å². The number of aromatic nitrogens is 2. The van der Waals surface area contributed by atoms with Crippen molar-refractivity contribution in [1.82, 2.24) is 10.2 Å². The first-order valence-corrected chi connectivity index (χ1v) is 12.7. The molecule has 1 aromatic carbocycles. The number of rotatable bonds is 9. The highest BCUT2D eigenvalue weighted by molar-refractivity contribution is 7.98. The Morgan fingerprint density at radius 1 is 1.28 bits per heavy atom. The number of benzene rings is 1. The lowest BCUT2D eigenvalue weighted by atomic mass is 9.95. The third kappa shape index (κ3) is 6.23. The Kier molecular flexibility index (Phi) is 8.73. The number of hydrogen-bond acceptors (Lipinski definition) is 6. The van der Waals surface area contributed by atoms with Gasteiger partial charge in [0, 0.05) is 53.8 Å². The van der Waals surface area contributed by atoms with Crippen LogP contribution in [0.5, 0.6) is 0 Å². The van der Waals surface area contributed by atoms with E-state index in [0.29, 0.717) is 39.2 Å². The van der Waals surface area contributed by atoms with Gasteiger partial charge in [0.25, 0.3) is 0 Å². The van der Waals surface area contributed by atoms with Gasteiger partial charge in [-0.25, -0.2) is 13.8 Å². The van der Waals surface area contributed by atoms with Crippen LogP contribution in [0.15, 0.2) is 67.9 Å². The Morgan fingerprint density at radius 3 is 2.39 bits per heavy atom. The zero-order chi connectivity index (χ0) is 26.6. The van der Waals surface area contributed by atoms with Crippen molar-refractivity contribution < 1.29 is 8.78 Å². The van der Waals surface area contributed by atoms with Crippen molar-refractivity contribution in [3.63, 3.8) is 0 Å². The SMILES string of the molecule is C=C(/C(C=NC)=C(\C)N)/C(=C(\N=C(/C)N(C)c1c(F)cc(SC)cc1F)Nc1cc(C)[nH]n1)C1CC1. The number of aromatic amines is 1. The van der Waals surface area contributed by atoms with Crippen LogP contribution in [-0.4, -0.2) is 42.6 Å². The average Bonchev–Trinajstić information content (AvgIpc) is 3.56. The summed E-state index contributed by atoms with van der Waals surface area (Å²) in [5, 5.41) is 10.5.